The van der Waals surface area contributed by atoms with Crippen LogP contribution in [-0.2, 0) is 11.8 Å². The molecule has 0 bridgehead atoms. The Labute approximate surface area is 118 Å². The van der Waals surface area contributed by atoms with Crippen LogP contribution in [-0.4, -0.2) is 11.5 Å². The minimum atomic E-state index is 0.115. The van der Waals surface area contributed by atoms with E-state index in [1.807, 2.05) is 0 Å². The highest BCUT2D eigenvalue weighted by molar-refractivity contribution is 5.47. The molecule has 0 amide bonds. The molecule has 2 rings (SSSR count). The Morgan fingerprint density at radius 2 is 1.95 bits per heavy atom. The van der Waals surface area contributed by atoms with Gasteiger partial charge in [-0.3, -0.25) is 0 Å². The lowest BCUT2D eigenvalue weighted by Gasteiger charge is -2.32. The molecule has 1 unspecified atom stereocenters. The minimum absolute atomic E-state index is 0.115. The first kappa shape index (κ1) is 14.4. The van der Waals surface area contributed by atoms with Crippen molar-refractivity contribution >= 4 is 5.82 Å². The molecule has 0 aromatic carbocycles. The average molecular weight is 260 g/mol. The molecule has 0 saturated heterocycles. The Bertz CT molecular complexity index is 457. The lowest BCUT2D eigenvalue weighted by atomic mass is 9.75. The summed E-state index contributed by atoms with van der Waals surface area (Å²) in [7, 11) is 0. The molecule has 0 fully saturated rings. The van der Waals surface area contributed by atoms with Gasteiger partial charge in [0.1, 0.15) is 5.82 Å². The van der Waals surface area contributed by atoms with E-state index in [2.05, 4.69) is 59.0 Å². The number of fused-ring (bicyclic) bond motifs is 1. The van der Waals surface area contributed by atoms with Gasteiger partial charge in [-0.2, -0.15) is 0 Å². The molecule has 2 heteroatoms. The van der Waals surface area contributed by atoms with E-state index in [1.54, 1.807) is 0 Å². The van der Waals surface area contributed by atoms with Gasteiger partial charge in [0.05, 0.1) is 0 Å². The molecular weight excluding hydrogens is 232 g/mol. The van der Waals surface area contributed by atoms with Crippen molar-refractivity contribution < 1.29 is 0 Å². The molecule has 19 heavy (non-hydrogen) atoms. The number of anilines is 1. The summed E-state index contributed by atoms with van der Waals surface area (Å²) in [6, 6.07) is 4.46. The van der Waals surface area contributed by atoms with Gasteiger partial charge in [0.2, 0.25) is 0 Å². The smallest absolute Gasteiger partial charge is 0.129 e. The molecule has 2 heterocycles. The third-order valence-corrected chi connectivity index (χ3v) is 4.77. The molecule has 1 atom stereocenters. The van der Waals surface area contributed by atoms with Gasteiger partial charge >= 0.3 is 0 Å². The molecular formula is C17H28N2. The number of aryl methyl sites for hydroxylation is 1. The Morgan fingerprint density at radius 1 is 1.26 bits per heavy atom. The number of hydrogen-bond donors (Lipinski definition) is 1. The average Bonchev–Trinajstić information content (AvgIpc) is 2.49. The van der Waals surface area contributed by atoms with E-state index in [4.69, 9.17) is 4.98 Å². The predicted octanol–water partition coefficient (Wildman–Crippen LogP) is 4.40. The number of pyridine rings is 1. The lowest BCUT2D eigenvalue weighted by Crippen LogP contribution is -2.31. The summed E-state index contributed by atoms with van der Waals surface area (Å²) in [5, 5.41) is 3.60. The van der Waals surface area contributed by atoms with Gasteiger partial charge in [-0.25, -0.2) is 4.98 Å². The zero-order valence-corrected chi connectivity index (χ0v) is 13.3. The van der Waals surface area contributed by atoms with E-state index < -0.39 is 0 Å². The van der Waals surface area contributed by atoms with E-state index >= 15 is 0 Å². The van der Waals surface area contributed by atoms with Crippen molar-refractivity contribution in [3.05, 3.63) is 23.4 Å². The Kier molecular flexibility index (Phi) is 3.63. The van der Waals surface area contributed by atoms with E-state index in [1.165, 1.54) is 17.7 Å². The number of aromatic nitrogens is 1. The summed E-state index contributed by atoms with van der Waals surface area (Å²) in [6.07, 6.45) is 2.37. The second-order valence-electron chi connectivity index (χ2n) is 7.62. The van der Waals surface area contributed by atoms with Gasteiger partial charge in [-0.05, 0) is 35.8 Å². The number of nitrogens with one attached hydrogen (secondary N) is 1. The molecule has 1 aromatic heterocycles. The zero-order chi connectivity index (χ0) is 14.3. The van der Waals surface area contributed by atoms with Crippen molar-refractivity contribution in [3.8, 4) is 0 Å². The van der Waals surface area contributed by atoms with Crippen LogP contribution in [0.15, 0.2) is 12.1 Å². The summed E-state index contributed by atoms with van der Waals surface area (Å²) < 4.78 is 0. The van der Waals surface area contributed by atoms with Crippen molar-refractivity contribution in [2.45, 2.75) is 59.8 Å². The Hall–Kier alpha value is -1.05. The van der Waals surface area contributed by atoms with Gasteiger partial charge in [0, 0.05) is 17.7 Å². The van der Waals surface area contributed by atoms with Gasteiger partial charge in [-0.1, -0.05) is 47.6 Å². The fourth-order valence-corrected chi connectivity index (χ4v) is 2.55. The minimum Gasteiger partial charge on any atom is -0.369 e. The Balaban J connectivity index is 2.29. The second-order valence-corrected chi connectivity index (χ2v) is 7.62. The first-order chi connectivity index (χ1) is 8.72. The van der Waals surface area contributed by atoms with Crippen molar-refractivity contribution in [2.24, 2.45) is 11.3 Å². The topological polar surface area (TPSA) is 24.9 Å². The van der Waals surface area contributed by atoms with Crippen LogP contribution in [0.5, 0.6) is 0 Å². The van der Waals surface area contributed by atoms with E-state index in [0.717, 1.165) is 18.8 Å². The molecule has 1 N–H and O–H groups in total. The molecule has 1 aliphatic rings. The van der Waals surface area contributed by atoms with E-state index in [9.17, 15) is 0 Å². The molecule has 106 valence electrons. The summed E-state index contributed by atoms with van der Waals surface area (Å²) in [5.74, 6) is 1.80. The highest BCUT2D eigenvalue weighted by Crippen LogP contribution is 2.37. The highest BCUT2D eigenvalue weighted by Gasteiger charge is 2.31. The third-order valence-electron chi connectivity index (χ3n) is 4.77. The SMILES string of the molecule is CC(C)C1(C)CCc2ccc(C(C)(C)C)nc2NC1. The molecule has 0 radical (unpaired) electrons. The number of nitrogens with zero attached hydrogens (tertiary/aromatic N) is 1. The van der Waals surface area contributed by atoms with Crippen molar-refractivity contribution in [1.29, 1.82) is 0 Å². The van der Waals surface area contributed by atoms with Crippen LogP contribution in [0.3, 0.4) is 0 Å². The molecule has 0 spiro atoms. The molecule has 1 aliphatic heterocycles. The summed E-state index contributed by atoms with van der Waals surface area (Å²) in [6.45, 7) is 14.7. The van der Waals surface area contributed by atoms with Crippen molar-refractivity contribution in [1.82, 2.24) is 4.98 Å². The molecule has 1 aromatic rings. The van der Waals surface area contributed by atoms with Crippen molar-refractivity contribution in [2.75, 3.05) is 11.9 Å². The van der Waals surface area contributed by atoms with Crippen LogP contribution in [0.1, 0.15) is 59.2 Å². The van der Waals surface area contributed by atoms with Gasteiger partial charge < -0.3 is 5.32 Å². The van der Waals surface area contributed by atoms with Crippen LogP contribution in [0.25, 0.3) is 0 Å². The van der Waals surface area contributed by atoms with Gasteiger partial charge in [-0.15, -0.1) is 0 Å². The van der Waals surface area contributed by atoms with E-state index in [-0.39, 0.29) is 5.41 Å². The maximum atomic E-state index is 4.86. The van der Waals surface area contributed by atoms with Crippen molar-refractivity contribution in [3.63, 3.8) is 0 Å². The van der Waals surface area contributed by atoms with Crippen LogP contribution in [0.2, 0.25) is 0 Å². The Morgan fingerprint density at radius 3 is 2.53 bits per heavy atom. The molecule has 0 saturated carbocycles. The normalized spacial score (nSPS) is 23.7. The van der Waals surface area contributed by atoms with Gasteiger partial charge in [0.15, 0.2) is 0 Å². The van der Waals surface area contributed by atoms with Crippen LogP contribution in [0, 0.1) is 11.3 Å². The quantitative estimate of drug-likeness (QED) is 0.809. The second kappa shape index (κ2) is 4.81. The van der Waals surface area contributed by atoms with E-state index in [0.29, 0.717) is 11.3 Å². The zero-order valence-electron chi connectivity index (χ0n) is 13.3. The number of rotatable bonds is 1. The fraction of sp³-hybridized carbons (Fsp3) is 0.706. The van der Waals surface area contributed by atoms with Crippen LogP contribution < -0.4 is 5.32 Å². The summed E-state index contributed by atoms with van der Waals surface area (Å²) in [4.78, 5) is 4.86. The van der Waals surface area contributed by atoms with Crippen LogP contribution >= 0.6 is 0 Å². The van der Waals surface area contributed by atoms with Gasteiger partial charge in [0.25, 0.3) is 0 Å². The predicted molar refractivity (Wildman–Crippen MR) is 82.7 cm³/mol. The molecule has 0 aliphatic carbocycles. The lowest BCUT2D eigenvalue weighted by molar-refractivity contribution is 0.221. The monoisotopic (exact) mass is 260 g/mol. The first-order valence-corrected chi connectivity index (χ1v) is 7.47. The summed E-state index contributed by atoms with van der Waals surface area (Å²) >= 11 is 0. The summed E-state index contributed by atoms with van der Waals surface area (Å²) in [5.41, 5.74) is 3.02. The largest absolute Gasteiger partial charge is 0.369 e. The standard InChI is InChI=1S/C17H28N2/c1-12(2)17(6)10-9-13-7-8-14(16(3,4)5)19-15(13)18-11-17/h7-8,12H,9-11H2,1-6H3,(H,18,19). The molecule has 2 nitrogen and oxygen atoms in total. The third kappa shape index (κ3) is 2.93. The highest BCUT2D eigenvalue weighted by atomic mass is 15.0. The number of hydrogen-bond acceptors (Lipinski definition) is 2. The first-order valence-electron chi connectivity index (χ1n) is 7.47. The van der Waals surface area contributed by atoms with Crippen LogP contribution in [0.4, 0.5) is 5.82 Å². The maximum absolute atomic E-state index is 4.86. The fourth-order valence-electron chi connectivity index (χ4n) is 2.55. The maximum Gasteiger partial charge on any atom is 0.129 e.